The predicted octanol–water partition coefficient (Wildman–Crippen LogP) is 2.55. The van der Waals surface area contributed by atoms with Gasteiger partial charge >= 0.3 is 5.97 Å². The van der Waals surface area contributed by atoms with Gasteiger partial charge in [0.25, 0.3) is 0 Å². The molecule has 0 atom stereocenters. The lowest BCUT2D eigenvalue weighted by molar-refractivity contribution is -0.142. The number of aryl methyl sites for hydroxylation is 2. The molecular weight excluding hydrogens is 306 g/mol. The Morgan fingerprint density at radius 2 is 2.23 bits per heavy atom. The van der Waals surface area contributed by atoms with Crippen LogP contribution in [-0.2, 0) is 23.1 Å². The first-order chi connectivity index (χ1) is 10.5. The van der Waals surface area contributed by atoms with Crippen LogP contribution in [0, 0.1) is 6.92 Å². The van der Waals surface area contributed by atoms with Crippen LogP contribution >= 0.6 is 11.6 Å². The Bertz CT molecular complexity index is 670. The molecule has 0 aliphatic rings. The standard InChI is InChI=1S/C15H18ClN3O3/c1-10-6-11(16)12(7-13(10)22-9-15(20)21-3)18-8-14-17-4-5-19(14)2/h4-7,18H,8-9H2,1-3H3. The molecular formula is C15H18ClN3O3. The van der Waals surface area contributed by atoms with E-state index >= 15 is 0 Å². The molecule has 1 aromatic heterocycles. The number of aromatic nitrogens is 2. The molecule has 2 rings (SSSR count). The number of imidazole rings is 1. The zero-order chi connectivity index (χ0) is 16.1. The summed E-state index contributed by atoms with van der Waals surface area (Å²) in [5.41, 5.74) is 1.56. The highest BCUT2D eigenvalue weighted by Gasteiger charge is 2.10. The Labute approximate surface area is 134 Å². The summed E-state index contributed by atoms with van der Waals surface area (Å²) in [6.07, 6.45) is 3.61. The summed E-state index contributed by atoms with van der Waals surface area (Å²) in [6, 6.07) is 3.55. The summed E-state index contributed by atoms with van der Waals surface area (Å²) >= 11 is 6.23. The summed E-state index contributed by atoms with van der Waals surface area (Å²) in [5, 5.41) is 3.79. The molecule has 0 aliphatic heterocycles. The van der Waals surface area contributed by atoms with Crippen LogP contribution in [-0.4, -0.2) is 29.2 Å². The second-order valence-electron chi connectivity index (χ2n) is 4.77. The van der Waals surface area contributed by atoms with Crippen molar-refractivity contribution in [1.29, 1.82) is 0 Å². The number of carbonyl (C=O) groups is 1. The lowest BCUT2D eigenvalue weighted by Gasteiger charge is -2.13. The molecule has 0 saturated carbocycles. The lowest BCUT2D eigenvalue weighted by atomic mass is 10.2. The van der Waals surface area contributed by atoms with Gasteiger partial charge in [-0.2, -0.15) is 0 Å². The highest BCUT2D eigenvalue weighted by atomic mass is 35.5. The lowest BCUT2D eigenvalue weighted by Crippen LogP contribution is -2.13. The fourth-order valence-electron chi connectivity index (χ4n) is 1.88. The minimum Gasteiger partial charge on any atom is -0.482 e. The average Bonchev–Trinajstić information content (AvgIpc) is 2.90. The monoisotopic (exact) mass is 323 g/mol. The summed E-state index contributed by atoms with van der Waals surface area (Å²) in [6.45, 7) is 2.25. The molecule has 1 heterocycles. The van der Waals surface area contributed by atoms with Gasteiger partial charge in [0.1, 0.15) is 11.6 Å². The van der Waals surface area contributed by atoms with Crippen molar-refractivity contribution in [3.63, 3.8) is 0 Å². The molecule has 1 aromatic carbocycles. The quantitative estimate of drug-likeness (QED) is 0.828. The summed E-state index contributed by atoms with van der Waals surface area (Å²) < 4.78 is 11.9. The van der Waals surface area contributed by atoms with Crippen molar-refractivity contribution in [1.82, 2.24) is 9.55 Å². The number of nitrogens with one attached hydrogen (secondary N) is 1. The normalized spacial score (nSPS) is 10.4. The van der Waals surface area contributed by atoms with Crippen molar-refractivity contribution >= 4 is 23.3 Å². The number of ether oxygens (including phenoxy) is 2. The number of hydrogen-bond donors (Lipinski definition) is 1. The van der Waals surface area contributed by atoms with E-state index in [9.17, 15) is 4.79 Å². The van der Waals surface area contributed by atoms with Gasteiger partial charge in [-0.1, -0.05) is 11.6 Å². The van der Waals surface area contributed by atoms with E-state index in [-0.39, 0.29) is 6.61 Å². The molecule has 0 aliphatic carbocycles. The van der Waals surface area contributed by atoms with Gasteiger partial charge in [0, 0.05) is 25.5 Å². The molecule has 0 spiro atoms. The van der Waals surface area contributed by atoms with Crippen LogP contribution in [0.5, 0.6) is 5.75 Å². The highest BCUT2D eigenvalue weighted by molar-refractivity contribution is 6.33. The van der Waals surface area contributed by atoms with Crippen molar-refractivity contribution in [3.8, 4) is 5.75 Å². The highest BCUT2D eigenvalue weighted by Crippen LogP contribution is 2.30. The summed E-state index contributed by atoms with van der Waals surface area (Å²) in [7, 11) is 3.24. The minimum atomic E-state index is -0.433. The zero-order valence-corrected chi connectivity index (χ0v) is 13.5. The molecule has 22 heavy (non-hydrogen) atoms. The fraction of sp³-hybridized carbons (Fsp3) is 0.333. The Kier molecular flexibility index (Phi) is 5.27. The maximum Gasteiger partial charge on any atom is 0.343 e. The van der Waals surface area contributed by atoms with Crippen LogP contribution in [0.15, 0.2) is 24.5 Å². The maximum atomic E-state index is 11.2. The smallest absolute Gasteiger partial charge is 0.343 e. The van der Waals surface area contributed by atoms with E-state index in [1.807, 2.05) is 24.7 Å². The Morgan fingerprint density at radius 3 is 2.86 bits per heavy atom. The molecule has 7 heteroatoms. The van der Waals surface area contributed by atoms with Crippen molar-refractivity contribution < 1.29 is 14.3 Å². The van der Waals surface area contributed by atoms with E-state index in [4.69, 9.17) is 16.3 Å². The number of esters is 1. The van der Waals surface area contributed by atoms with Crippen molar-refractivity contribution in [2.45, 2.75) is 13.5 Å². The third kappa shape index (κ3) is 3.92. The van der Waals surface area contributed by atoms with Gasteiger partial charge in [-0.3, -0.25) is 0 Å². The van der Waals surface area contributed by atoms with E-state index in [0.717, 1.165) is 17.1 Å². The molecule has 0 fully saturated rings. The Hall–Kier alpha value is -2.21. The van der Waals surface area contributed by atoms with Gasteiger partial charge in [-0.15, -0.1) is 0 Å². The van der Waals surface area contributed by atoms with Gasteiger partial charge in [0.2, 0.25) is 0 Å². The number of methoxy groups -OCH3 is 1. The van der Waals surface area contributed by atoms with Crippen molar-refractivity contribution in [2.75, 3.05) is 19.0 Å². The second-order valence-corrected chi connectivity index (χ2v) is 5.18. The number of hydrogen-bond acceptors (Lipinski definition) is 5. The van der Waals surface area contributed by atoms with Gasteiger partial charge in [-0.05, 0) is 18.6 Å². The zero-order valence-electron chi connectivity index (χ0n) is 12.7. The Morgan fingerprint density at radius 1 is 1.45 bits per heavy atom. The predicted molar refractivity (Wildman–Crippen MR) is 84.2 cm³/mol. The largest absolute Gasteiger partial charge is 0.482 e. The van der Waals surface area contributed by atoms with Crippen molar-refractivity contribution in [3.05, 3.63) is 40.9 Å². The van der Waals surface area contributed by atoms with E-state index in [0.29, 0.717) is 17.3 Å². The first-order valence-corrected chi connectivity index (χ1v) is 7.09. The molecule has 118 valence electrons. The molecule has 1 N–H and O–H groups in total. The topological polar surface area (TPSA) is 65.4 Å². The number of rotatable bonds is 6. The SMILES string of the molecule is COC(=O)COc1cc(NCc2nccn2C)c(Cl)cc1C. The van der Waals surface area contributed by atoms with E-state index in [2.05, 4.69) is 15.0 Å². The number of carbonyl (C=O) groups excluding carboxylic acids is 1. The third-order valence-corrected chi connectivity index (χ3v) is 3.51. The number of anilines is 1. The third-order valence-electron chi connectivity index (χ3n) is 3.20. The number of nitrogens with zero attached hydrogens (tertiary/aromatic N) is 2. The summed E-state index contributed by atoms with van der Waals surface area (Å²) in [4.78, 5) is 15.4. The van der Waals surface area contributed by atoms with Crippen molar-refractivity contribution in [2.24, 2.45) is 7.05 Å². The van der Waals surface area contributed by atoms with Crippen LogP contribution in [0.2, 0.25) is 5.02 Å². The average molecular weight is 324 g/mol. The first kappa shape index (κ1) is 16.2. The molecule has 0 amide bonds. The molecule has 0 radical (unpaired) electrons. The van der Waals surface area contributed by atoms with E-state index < -0.39 is 5.97 Å². The van der Waals surface area contributed by atoms with Crippen LogP contribution < -0.4 is 10.1 Å². The van der Waals surface area contributed by atoms with Crippen LogP contribution in [0.25, 0.3) is 0 Å². The fourth-order valence-corrected chi connectivity index (χ4v) is 2.17. The van der Waals surface area contributed by atoms with Crippen LogP contribution in [0.4, 0.5) is 5.69 Å². The number of halogens is 1. The molecule has 0 saturated heterocycles. The molecule has 0 bridgehead atoms. The molecule has 2 aromatic rings. The Balaban J connectivity index is 2.10. The van der Waals surface area contributed by atoms with Crippen LogP contribution in [0.3, 0.4) is 0 Å². The first-order valence-electron chi connectivity index (χ1n) is 6.71. The van der Waals surface area contributed by atoms with E-state index in [1.165, 1.54) is 7.11 Å². The van der Waals surface area contributed by atoms with Crippen LogP contribution in [0.1, 0.15) is 11.4 Å². The van der Waals surface area contributed by atoms with E-state index in [1.54, 1.807) is 18.3 Å². The summed E-state index contributed by atoms with van der Waals surface area (Å²) in [5.74, 6) is 1.03. The van der Waals surface area contributed by atoms with Gasteiger partial charge < -0.3 is 19.4 Å². The van der Waals surface area contributed by atoms with Gasteiger partial charge in [0.05, 0.1) is 24.4 Å². The van der Waals surface area contributed by atoms with Gasteiger partial charge in [-0.25, -0.2) is 9.78 Å². The maximum absolute atomic E-state index is 11.2. The second kappa shape index (κ2) is 7.17. The molecule has 0 unspecified atom stereocenters. The minimum absolute atomic E-state index is 0.141. The van der Waals surface area contributed by atoms with Gasteiger partial charge in [0.15, 0.2) is 6.61 Å². The molecule has 6 nitrogen and oxygen atoms in total. The number of benzene rings is 1.